The Morgan fingerprint density at radius 2 is 1.05 bits per heavy atom. The lowest BCUT2D eigenvalue weighted by Gasteiger charge is -2.23. The van der Waals surface area contributed by atoms with Crippen molar-refractivity contribution in [1.82, 2.24) is 0 Å². The minimum absolute atomic E-state index is 0.161. The van der Waals surface area contributed by atoms with Crippen LogP contribution in [0.25, 0.3) is 33.4 Å². The van der Waals surface area contributed by atoms with Crippen LogP contribution in [0.4, 0.5) is 0 Å². The van der Waals surface area contributed by atoms with E-state index in [9.17, 15) is 13.5 Å². The maximum atomic E-state index is 12.9. The maximum absolute atomic E-state index is 12.9. The summed E-state index contributed by atoms with van der Waals surface area (Å²) in [7, 11) is -2.96. The molecule has 2 aliphatic heterocycles. The number of ether oxygens (including phenoxy) is 4. The van der Waals surface area contributed by atoms with E-state index >= 15 is 0 Å². The minimum atomic E-state index is -2.96. The number of benzene rings is 4. The van der Waals surface area contributed by atoms with Crippen molar-refractivity contribution in [3.05, 3.63) is 84.9 Å². The van der Waals surface area contributed by atoms with Crippen LogP contribution < -0.4 is 9.47 Å². The average Bonchev–Trinajstić information content (AvgIpc) is 3.02. The lowest BCUT2D eigenvalue weighted by molar-refractivity contribution is -0.106. The Morgan fingerprint density at radius 3 is 1.45 bits per heavy atom. The second-order valence-electron chi connectivity index (χ2n) is 10.6. The predicted octanol–water partition coefficient (Wildman–Crippen LogP) is 7.17. The molecule has 218 valence electrons. The van der Waals surface area contributed by atoms with Crippen LogP contribution >= 0.6 is 0 Å². The highest BCUT2D eigenvalue weighted by atomic mass is 32.2. The van der Waals surface area contributed by atoms with Gasteiger partial charge in [-0.05, 0) is 96.5 Å². The molecule has 2 aliphatic rings. The van der Waals surface area contributed by atoms with Gasteiger partial charge in [-0.25, -0.2) is 8.42 Å². The first kappa shape index (κ1) is 28.3. The monoisotopic (exact) mass is 586 g/mol. The van der Waals surface area contributed by atoms with Crippen molar-refractivity contribution >= 4 is 10.7 Å². The van der Waals surface area contributed by atoms with E-state index in [4.69, 9.17) is 18.9 Å². The fourth-order valence-corrected chi connectivity index (χ4v) is 6.21. The van der Waals surface area contributed by atoms with Crippen molar-refractivity contribution in [3.63, 3.8) is 0 Å². The van der Waals surface area contributed by atoms with Crippen LogP contribution in [-0.4, -0.2) is 39.3 Å². The molecular weight excluding hydrogens is 552 g/mol. The fourth-order valence-electron chi connectivity index (χ4n) is 5.43. The second-order valence-corrected chi connectivity index (χ2v) is 11.6. The molecule has 42 heavy (non-hydrogen) atoms. The van der Waals surface area contributed by atoms with Crippen LogP contribution in [0, 0.1) is 0 Å². The zero-order valence-electron chi connectivity index (χ0n) is 23.2. The Kier molecular flexibility index (Phi) is 8.74. The van der Waals surface area contributed by atoms with E-state index in [2.05, 4.69) is 0 Å². The van der Waals surface area contributed by atoms with Crippen molar-refractivity contribution in [1.29, 1.82) is 0 Å². The number of hydrogen-bond donors (Lipinski definition) is 2. The summed E-state index contributed by atoms with van der Waals surface area (Å²) < 4.78 is 49.1. The third-order valence-corrected chi connectivity index (χ3v) is 8.48. The summed E-state index contributed by atoms with van der Waals surface area (Å²) in [4.78, 5) is 0.237. The molecule has 0 bridgehead atoms. The summed E-state index contributed by atoms with van der Waals surface area (Å²) in [5, 5.41) is 9.85. The minimum Gasteiger partial charge on any atom is -0.508 e. The molecule has 0 aliphatic carbocycles. The van der Waals surface area contributed by atoms with Crippen molar-refractivity contribution in [2.24, 2.45) is 0 Å². The molecule has 0 radical (unpaired) electrons. The van der Waals surface area contributed by atoms with Gasteiger partial charge >= 0.3 is 0 Å². The smallest absolute Gasteiger partial charge is 0.199 e. The van der Waals surface area contributed by atoms with E-state index in [1.165, 1.54) is 0 Å². The summed E-state index contributed by atoms with van der Waals surface area (Å²) in [6.45, 7) is 1.38. The van der Waals surface area contributed by atoms with E-state index in [0.717, 1.165) is 60.8 Å². The van der Waals surface area contributed by atoms with Gasteiger partial charge < -0.3 is 24.1 Å². The Bertz CT molecular complexity index is 1470. The Morgan fingerprint density at radius 1 is 0.595 bits per heavy atom. The molecule has 0 aromatic heterocycles. The van der Waals surface area contributed by atoms with Gasteiger partial charge in [-0.3, -0.25) is 0 Å². The average molecular weight is 587 g/mol. The second kappa shape index (κ2) is 13.0. The van der Waals surface area contributed by atoms with Crippen molar-refractivity contribution < 1.29 is 32.5 Å². The third-order valence-electron chi connectivity index (χ3n) is 7.63. The number of hydrogen-bond acceptors (Lipinski definition) is 7. The fraction of sp³-hybridized carbons (Fsp3) is 0.294. The summed E-state index contributed by atoms with van der Waals surface area (Å²) in [5.41, 5.74) is 4.35. The Hall–Kier alpha value is -3.85. The van der Waals surface area contributed by atoms with Gasteiger partial charge in [0.05, 0.1) is 18.1 Å². The van der Waals surface area contributed by atoms with Crippen molar-refractivity contribution in [3.8, 4) is 50.6 Å². The van der Waals surface area contributed by atoms with Crippen LogP contribution in [0.3, 0.4) is 0 Å². The first-order valence-electron chi connectivity index (χ1n) is 14.4. The van der Waals surface area contributed by atoms with E-state index in [1.807, 2.05) is 72.8 Å². The van der Waals surface area contributed by atoms with Gasteiger partial charge in [-0.2, -0.15) is 0 Å². The standard InChI is InChI=1S/C34H34O7S/c35-27-13-7-23(8-14-27)26-21-30(24-9-15-28(16-10-24)40-32-5-1-3-19-38-32)34(42(36)37)31(22-26)25-11-17-29(18-12-25)41-33-6-2-4-20-39-33/h7-18,21-22,32-33,35,42H,1-6,19-20H2. The summed E-state index contributed by atoms with van der Waals surface area (Å²) in [6, 6.07) is 25.5. The van der Waals surface area contributed by atoms with Gasteiger partial charge in [-0.1, -0.05) is 36.4 Å². The third kappa shape index (κ3) is 6.62. The summed E-state index contributed by atoms with van der Waals surface area (Å²) in [6.07, 6.45) is 5.37. The molecule has 2 saturated heterocycles. The number of rotatable bonds is 8. The van der Waals surface area contributed by atoms with Crippen molar-refractivity contribution in [2.45, 2.75) is 56.0 Å². The molecule has 2 atom stereocenters. The van der Waals surface area contributed by atoms with E-state index in [0.29, 0.717) is 35.8 Å². The summed E-state index contributed by atoms with van der Waals surface area (Å²) in [5.74, 6) is 1.51. The highest BCUT2D eigenvalue weighted by molar-refractivity contribution is 7.72. The van der Waals surface area contributed by atoms with Gasteiger partial charge in [-0.15, -0.1) is 0 Å². The van der Waals surface area contributed by atoms with Crippen LogP contribution in [0.15, 0.2) is 89.8 Å². The number of phenols is 1. The van der Waals surface area contributed by atoms with E-state index in [-0.39, 0.29) is 23.2 Å². The number of thiol groups is 1. The predicted molar refractivity (Wildman–Crippen MR) is 161 cm³/mol. The first-order chi connectivity index (χ1) is 20.5. The molecule has 2 heterocycles. The highest BCUT2D eigenvalue weighted by Gasteiger charge is 2.20. The van der Waals surface area contributed by atoms with Gasteiger partial charge in [0, 0.05) is 24.0 Å². The maximum Gasteiger partial charge on any atom is 0.199 e. The molecule has 4 aromatic carbocycles. The van der Waals surface area contributed by atoms with Gasteiger partial charge in [0.1, 0.15) is 17.2 Å². The molecule has 8 heteroatoms. The molecule has 0 amide bonds. The van der Waals surface area contributed by atoms with Crippen LogP contribution in [0.5, 0.6) is 17.2 Å². The number of aromatic hydroxyl groups is 1. The van der Waals surface area contributed by atoms with Crippen molar-refractivity contribution in [2.75, 3.05) is 13.2 Å². The molecule has 2 unspecified atom stereocenters. The van der Waals surface area contributed by atoms with Crippen LogP contribution in [-0.2, 0) is 20.2 Å². The zero-order valence-corrected chi connectivity index (χ0v) is 24.1. The Balaban J connectivity index is 1.39. The van der Waals surface area contributed by atoms with Gasteiger partial charge in [0.2, 0.25) is 0 Å². The molecular formula is C34H34O7S. The largest absolute Gasteiger partial charge is 0.508 e. The molecule has 6 rings (SSSR count). The lowest BCUT2D eigenvalue weighted by Crippen LogP contribution is -2.24. The van der Waals surface area contributed by atoms with E-state index in [1.54, 1.807) is 12.1 Å². The number of phenolic OH excluding ortho intramolecular Hbond substituents is 1. The van der Waals surface area contributed by atoms with E-state index < -0.39 is 10.7 Å². The summed E-state index contributed by atoms with van der Waals surface area (Å²) >= 11 is 0. The molecule has 4 aromatic rings. The van der Waals surface area contributed by atoms with Gasteiger partial charge in [0.25, 0.3) is 0 Å². The van der Waals surface area contributed by atoms with Crippen LogP contribution in [0.1, 0.15) is 38.5 Å². The highest BCUT2D eigenvalue weighted by Crippen LogP contribution is 2.39. The lowest BCUT2D eigenvalue weighted by atomic mass is 9.93. The zero-order chi connectivity index (χ0) is 28.9. The quantitative estimate of drug-likeness (QED) is 0.212. The molecule has 0 spiro atoms. The van der Waals surface area contributed by atoms with Crippen LogP contribution in [0.2, 0.25) is 0 Å². The topological polar surface area (TPSA) is 91.3 Å². The molecule has 7 nitrogen and oxygen atoms in total. The molecule has 2 fully saturated rings. The Labute approximate surface area is 247 Å². The molecule has 1 N–H and O–H groups in total. The molecule has 0 saturated carbocycles. The van der Waals surface area contributed by atoms with Gasteiger partial charge in [0.15, 0.2) is 23.3 Å². The SMILES string of the molecule is O=[SH](=O)c1c(-c2ccc(OC3CCCCO3)cc2)cc(-c2ccc(O)cc2)cc1-c1ccc(OC2CCCCO2)cc1. The first-order valence-corrected chi connectivity index (χ1v) is 15.6. The normalized spacial score (nSPS) is 19.0.